The van der Waals surface area contributed by atoms with Crippen LogP contribution in [0.5, 0.6) is 0 Å². The highest BCUT2D eigenvalue weighted by molar-refractivity contribution is 5.92. The number of rotatable bonds is 4. The van der Waals surface area contributed by atoms with Crippen LogP contribution in [0.15, 0.2) is 79.1 Å². The van der Waals surface area contributed by atoms with Crippen LogP contribution in [0.4, 0.5) is 5.95 Å². The second-order valence-corrected chi connectivity index (χ2v) is 8.09. The number of benzene rings is 2. The number of pyridine rings is 1. The molecule has 1 aliphatic rings. The number of para-hydroxylation sites is 1. The molecule has 0 atom stereocenters. The lowest BCUT2D eigenvalue weighted by molar-refractivity contribution is 0.248. The molecular weight excluding hydrogens is 398 g/mol. The molecule has 158 valence electrons. The van der Waals surface area contributed by atoms with Gasteiger partial charge in [-0.3, -0.25) is 9.88 Å². The number of piperazine rings is 1. The lowest BCUT2D eigenvalue weighted by Crippen LogP contribution is -2.46. The van der Waals surface area contributed by atoms with Crippen LogP contribution in [0.3, 0.4) is 0 Å². The number of fused-ring (bicyclic) bond motifs is 3. The highest BCUT2D eigenvalue weighted by atomic mass is 15.4. The quantitative estimate of drug-likeness (QED) is 0.441. The fourth-order valence-corrected chi connectivity index (χ4v) is 4.31. The summed E-state index contributed by atoms with van der Waals surface area (Å²) in [5.74, 6) is 1.51. The van der Waals surface area contributed by atoms with Gasteiger partial charge in [0.2, 0.25) is 5.95 Å². The Hall–Kier alpha value is -3.84. The van der Waals surface area contributed by atoms with Gasteiger partial charge in [0.1, 0.15) is 0 Å². The molecule has 4 heterocycles. The molecule has 0 bridgehead atoms. The number of nitrogens with zero attached hydrogens (tertiary/aromatic N) is 7. The summed E-state index contributed by atoms with van der Waals surface area (Å²) >= 11 is 0. The monoisotopic (exact) mass is 421 g/mol. The van der Waals surface area contributed by atoms with Gasteiger partial charge in [-0.25, -0.2) is 9.97 Å². The van der Waals surface area contributed by atoms with Crippen LogP contribution in [0.25, 0.3) is 27.9 Å². The molecule has 0 N–H and O–H groups in total. The van der Waals surface area contributed by atoms with Crippen molar-refractivity contribution in [3.8, 4) is 11.4 Å². The molecule has 0 saturated carbocycles. The second kappa shape index (κ2) is 8.01. The molecule has 1 aliphatic heterocycles. The fourth-order valence-electron chi connectivity index (χ4n) is 4.31. The van der Waals surface area contributed by atoms with Gasteiger partial charge < -0.3 is 4.90 Å². The lowest BCUT2D eigenvalue weighted by Gasteiger charge is -2.35. The molecule has 1 saturated heterocycles. The fraction of sp³-hybridized carbons (Fsp3) is 0.200. The Bertz CT molecular complexity index is 1360. The van der Waals surface area contributed by atoms with E-state index in [1.807, 2.05) is 34.8 Å². The summed E-state index contributed by atoms with van der Waals surface area (Å²) in [6.45, 7) is 4.73. The Balaban J connectivity index is 1.35. The normalized spacial score (nSPS) is 14.9. The predicted octanol–water partition coefficient (Wildman–Crippen LogP) is 3.66. The van der Waals surface area contributed by atoms with Gasteiger partial charge in [-0.1, -0.05) is 42.5 Å². The van der Waals surface area contributed by atoms with Crippen molar-refractivity contribution in [3.63, 3.8) is 0 Å². The standard InChI is InChI=1S/C25H23N7/c1-2-7-19(8-3-1)18-30-13-15-31(16-14-30)25-27-22-11-5-4-10-21(22)24-28-23(29-32(24)25)20-9-6-12-26-17-20/h1-12,17H,13-16,18H2. The van der Waals surface area contributed by atoms with Crippen molar-refractivity contribution < 1.29 is 0 Å². The van der Waals surface area contributed by atoms with E-state index in [2.05, 4.69) is 51.2 Å². The zero-order valence-corrected chi connectivity index (χ0v) is 17.7. The van der Waals surface area contributed by atoms with Gasteiger partial charge in [0, 0.05) is 56.1 Å². The van der Waals surface area contributed by atoms with Crippen LogP contribution < -0.4 is 4.90 Å². The summed E-state index contributed by atoms with van der Waals surface area (Å²) < 4.78 is 1.90. The van der Waals surface area contributed by atoms with Crippen LogP contribution in [0.2, 0.25) is 0 Å². The summed E-state index contributed by atoms with van der Waals surface area (Å²) in [7, 11) is 0. The van der Waals surface area contributed by atoms with E-state index >= 15 is 0 Å². The smallest absolute Gasteiger partial charge is 0.229 e. The molecule has 1 fully saturated rings. The molecule has 0 amide bonds. The molecule has 0 aliphatic carbocycles. The molecule has 7 heteroatoms. The maximum Gasteiger partial charge on any atom is 0.229 e. The Morgan fingerprint density at radius 3 is 2.41 bits per heavy atom. The van der Waals surface area contributed by atoms with Crippen molar-refractivity contribution in [1.29, 1.82) is 0 Å². The van der Waals surface area contributed by atoms with Crippen LogP contribution in [-0.2, 0) is 6.54 Å². The predicted molar refractivity (Wildman–Crippen MR) is 125 cm³/mol. The average Bonchev–Trinajstić information content (AvgIpc) is 3.31. The summed E-state index contributed by atoms with van der Waals surface area (Å²) in [5.41, 5.74) is 4.02. The molecule has 32 heavy (non-hydrogen) atoms. The van der Waals surface area contributed by atoms with Gasteiger partial charge in [0.25, 0.3) is 0 Å². The topological polar surface area (TPSA) is 62.5 Å². The Morgan fingerprint density at radius 2 is 1.59 bits per heavy atom. The summed E-state index contributed by atoms with van der Waals surface area (Å²) in [4.78, 5) is 18.9. The highest BCUT2D eigenvalue weighted by Gasteiger charge is 2.23. The summed E-state index contributed by atoms with van der Waals surface area (Å²) in [6, 6.07) is 22.7. The van der Waals surface area contributed by atoms with E-state index in [0.29, 0.717) is 5.82 Å². The van der Waals surface area contributed by atoms with Crippen molar-refractivity contribution in [3.05, 3.63) is 84.7 Å². The summed E-state index contributed by atoms with van der Waals surface area (Å²) in [6.07, 6.45) is 3.56. The van der Waals surface area contributed by atoms with Crippen LogP contribution in [0.1, 0.15) is 5.56 Å². The highest BCUT2D eigenvalue weighted by Crippen LogP contribution is 2.26. The van der Waals surface area contributed by atoms with Gasteiger partial charge in [-0.05, 0) is 29.8 Å². The second-order valence-electron chi connectivity index (χ2n) is 8.09. The minimum absolute atomic E-state index is 0.667. The van der Waals surface area contributed by atoms with E-state index in [1.54, 1.807) is 12.4 Å². The van der Waals surface area contributed by atoms with E-state index < -0.39 is 0 Å². The molecule has 7 nitrogen and oxygen atoms in total. The van der Waals surface area contributed by atoms with E-state index in [9.17, 15) is 0 Å². The number of hydrogen-bond acceptors (Lipinski definition) is 6. The van der Waals surface area contributed by atoms with Crippen molar-refractivity contribution in [1.82, 2.24) is 29.5 Å². The minimum Gasteiger partial charge on any atom is -0.338 e. The van der Waals surface area contributed by atoms with Gasteiger partial charge in [-0.2, -0.15) is 4.52 Å². The molecule has 6 rings (SSSR count). The first kappa shape index (κ1) is 18.9. The SMILES string of the molecule is c1ccc(CN2CCN(c3nc4ccccc4c4nc(-c5cccnc5)nn34)CC2)cc1. The van der Waals surface area contributed by atoms with Crippen LogP contribution in [0, 0.1) is 0 Å². The van der Waals surface area contributed by atoms with E-state index in [4.69, 9.17) is 15.1 Å². The van der Waals surface area contributed by atoms with Crippen molar-refractivity contribution >= 4 is 22.5 Å². The molecule has 0 unspecified atom stereocenters. The number of anilines is 1. The summed E-state index contributed by atoms with van der Waals surface area (Å²) in [5, 5.41) is 5.84. The lowest BCUT2D eigenvalue weighted by atomic mass is 10.2. The zero-order valence-electron chi connectivity index (χ0n) is 17.7. The maximum atomic E-state index is 5.00. The zero-order chi connectivity index (χ0) is 21.3. The number of aromatic nitrogens is 5. The number of hydrogen-bond donors (Lipinski definition) is 0. The van der Waals surface area contributed by atoms with Gasteiger partial charge in [0.15, 0.2) is 11.5 Å². The third-order valence-corrected chi connectivity index (χ3v) is 5.99. The van der Waals surface area contributed by atoms with Crippen LogP contribution >= 0.6 is 0 Å². The largest absolute Gasteiger partial charge is 0.338 e. The third kappa shape index (κ3) is 3.46. The molecule has 3 aromatic heterocycles. The molecule has 5 aromatic rings. The van der Waals surface area contributed by atoms with Gasteiger partial charge in [-0.15, -0.1) is 5.10 Å². The first-order valence-corrected chi connectivity index (χ1v) is 10.9. The first-order valence-electron chi connectivity index (χ1n) is 10.9. The Morgan fingerprint density at radius 1 is 0.781 bits per heavy atom. The van der Waals surface area contributed by atoms with Crippen molar-refractivity contribution in [2.45, 2.75) is 6.54 Å². The van der Waals surface area contributed by atoms with Crippen molar-refractivity contribution in [2.24, 2.45) is 0 Å². The minimum atomic E-state index is 0.667. The van der Waals surface area contributed by atoms with Gasteiger partial charge in [0.05, 0.1) is 5.52 Å². The molecule has 0 radical (unpaired) electrons. The first-order chi connectivity index (χ1) is 15.8. The van der Waals surface area contributed by atoms with E-state index in [-0.39, 0.29) is 0 Å². The maximum absolute atomic E-state index is 5.00. The van der Waals surface area contributed by atoms with E-state index in [0.717, 1.165) is 60.8 Å². The Labute approximate surface area is 186 Å². The van der Waals surface area contributed by atoms with Crippen LogP contribution in [-0.4, -0.2) is 55.6 Å². The van der Waals surface area contributed by atoms with E-state index in [1.165, 1.54) is 5.56 Å². The third-order valence-electron chi connectivity index (χ3n) is 5.99. The molecular formula is C25H23N7. The van der Waals surface area contributed by atoms with Crippen molar-refractivity contribution in [2.75, 3.05) is 31.1 Å². The molecule has 2 aromatic carbocycles. The average molecular weight is 422 g/mol. The Kier molecular flexibility index (Phi) is 4.73. The molecule has 0 spiro atoms. The van der Waals surface area contributed by atoms with Gasteiger partial charge >= 0.3 is 0 Å².